The second-order valence-corrected chi connectivity index (χ2v) is 9.52. The summed E-state index contributed by atoms with van der Waals surface area (Å²) in [5.41, 5.74) is 0. The van der Waals surface area contributed by atoms with Crippen molar-refractivity contribution in [3.8, 4) is 0 Å². The SMILES string of the molecule is c1ccc(P(c2ccccc2)c2cccc3sc4ccccc4c23)cc1. The van der Waals surface area contributed by atoms with E-state index in [1.165, 1.54) is 36.1 Å². The van der Waals surface area contributed by atoms with Gasteiger partial charge in [-0.25, -0.2) is 0 Å². The van der Waals surface area contributed by atoms with Gasteiger partial charge in [-0.2, -0.15) is 0 Å². The van der Waals surface area contributed by atoms with Crippen LogP contribution in [0.5, 0.6) is 0 Å². The van der Waals surface area contributed by atoms with E-state index in [4.69, 9.17) is 0 Å². The molecule has 26 heavy (non-hydrogen) atoms. The minimum Gasteiger partial charge on any atom is -0.135 e. The van der Waals surface area contributed by atoms with Crippen LogP contribution >= 0.6 is 19.3 Å². The molecule has 0 saturated carbocycles. The van der Waals surface area contributed by atoms with Crippen LogP contribution in [0, 0.1) is 0 Å². The fraction of sp³-hybridized carbons (Fsp3) is 0. The highest BCUT2D eigenvalue weighted by atomic mass is 32.1. The van der Waals surface area contributed by atoms with Crippen LogP contribution in [-0.4, -0.2) is 0 Å². The largest absolute Gasteiger partial charge is 0.135 e. The maximum Gasteiger partial charge on any atom is 0.0362 e. The lowest BCUT2D eigenvalue weighted by atomic mass is 10.1. The molecule has 1 heterocycles. The first kappa shape index (κ1) is 15.8. The Hall–Kier alpha value is -2.47. The number of hydrogen-bond donors (Lipinski definition) is 0. The highest BCUT2D eigenvalue weighted by Gasteiger charge is 2.20. The highest BCUT2D eigenvalue weighted by molar-refractivity contribution is 7.80. The second-order valence-electron chi connectivity index (χ2n) is 6.26. The van der Waals surface area contributed by atoms with Gasteiger partial charge < -0.3 is 0 Å². The highest BCUT2D eigenvalue weighted by Crippen LogP contribution is 2.40. The topological polar surface area (TPSA) is 0 Å². The summed E-state index contributed by atoms with van der Waals surface area (Å²) in [6, 6.07) is 37.5. The van der Waals surface area contributed by atoms with Gasteiger partial charge in [-0.15, -0.1) is 11.3 Å². The molecule has 1 aromatic heterocycles. The Labute approximate surface area is 158 Å². The molecular formula is C24H17PS. The maximum absolute atomic E-state index is 2.33. The van der Waals surface area contributed by atoms with Crippen LogP contribution in [0.4, 0.5) is 0 Å². The molecule has 0 aliphatic rings. The Bertz CT molecular complexity index is 1140. The monoisotopic (exact) mass is 368 g/mol. The molecule has 5 rings (SSSR count). The number of rotatable bonds is 3. The summed E-state index contributed by atoms with van der Waals surface area (Å²) >= 11 is 1.89. The second kappa shape index (κ2) is 6.68. The van der Waals surface area contributed by atoms with E-state index in [1.54, 1.807) is 0 Å². The van der Waals surface area contributed by atoms with E-state index >= 15 is 0 Å². The Morgan fingerprint density at radius 3 is 1.77 bits per heavy atom. The van der Waals surface area contributed by atoms with Crippen LogP contribution in [0.3, 0.4) is 0 Å². The molecule has 0 amide bonds. The van der Waals surface area contributed by atoms with Crippen molar-refractivity contribution in [2.75, 3.05) is 0 Å². The van der Waals surface area contributed by atoms with E-state index < -0.39 is 7.92 Å². The van der Waals surface area contributed by atoms with Crippen molar-refractivity contribution in [2.45, 2.75) is 0 Å². The third-order valence-electron chi connectivity index (χ3n) is 4.65. The van der Waals surface area contributed by atoms with Crippen LogP contribution in [0.15, 0.2) is 103 Å². The molecule has 0 nitrogen and oxygen atoms in total. The average Bonchev–Trinajstić information content (AvgIpc) is 3.09. The predicted octanol–water partition coefficient (Wildman–Crippen LogP) is 5.81. The summed E-state index contributed by atoms with van der Waals surface area (Å²) < 4.78 is 2.74. The molecule has 0 N–H and O–H groups in total. The van der Waals surface area contributed by atoms with Crippen molar-refractivity contribution < 1.29 is 0 Å². The Morgan fingerprint density at radius 2 is 1.08 bits per heavy atom. The van der Waals surface area contributed by atoms with Gasteiger partial charge in [0.15, 0.2) is 0 Å². The van der Waals surface area contributed by atoms with E-state index in [9.17, 15) is 0 Å². The van der Waals surface area contributed by atoms with E-state index in [0.29, 0.717) is 0 Å². The molecule has 124 valence electrons. The number of thiophene rings is 1. The zero-order valence-corrected chi connectivity index (χ0v) is 15.9. The van der Waals surface area contributed by atoms with Gasteiger partial charge in [-0.1, -0.05) is 91.0 Å². The van der Waals surface area contributed by atoms with E-state index in [2.05, 4.69) is 103 Å². The van der Waals surface area contributed by atoms with Gasteiger partial charge in [0.1, 0.15) is 0 Å². The lowest BCUT2D eigenvalue weighted by Crippen LogP contribution is -2.20. The molecular weight excluding hydrogens is 351 g/mol. The fourth-order valence-electron chi connectivity index (χ4n) is 3.52. The zero-order valence-electron chi connectivity index (χ0n) is 14.2. The van der Waals surface area contributed by atoms with Crippen molar-refractivity contribution in [1.29, 1.82) is 0 Å². The Kier molecular flexibility index (Phi) is 4.05. The molecule has 0 bridgehead atoms. The minimum atomic E-state index is -0.587. The van der Waals surface area contributed by atoms with Crippen molar-refractivity contribution in [3.63, 3.8) is 0 Å². The predicted molar refractivity (Wildman–Crippen MR) is 118 cm³/mol. The van der Waals surface area contributed by atoms with Crippen molar-refractivity contribution in [1.82, 2.24) is 0 Å². The maximum atomic E-state index is 2.33. The molecule has 0 radical (unpaired) electrons. The standard InChI is InChI=1S/C24H17PS/c1-3-10-18(11-4-1)25(19-12-5-2-6-13-19)21-15-9-17-23-24(21)20-14-7-8-16-22(20)26-23/h1-17H. The smallest absolute Gasteiger partial charge is 0.0362 e. The van der Waals surface area contributed by atoms with Gasteiger partial charge >= 0.3 is 0 Å². The molecule has 2 heteroatoms. The number of hydrogen-bond acceptors (Lipinski definition) is 1. The third kappa shape index (κ3) is 2.65. The molecule has 0 spiro atoms. The average molecular weight is 368 g/mol. The third-order valence-corrected chi connectivity index (χ3v) is 8.27. The van der Waals surface area contributed by atoms with E-state index in [-0.39, 0.29) is 0 Å². The first-order chi connectivity index (χ1) is 12.9. The molecule has 0 unspecified atom stereocenters. The van der Waals surface area contributed by atoms with Crippen molar-refractivity contribution in [2.24, 2.45) is 0 Å². The van der Waals surface area contributed by atoms with Gasteiger partial charge in [-0.3, -0.25) is 0 Å². The first-order valence-corrected chi connectivity index (χ1v) is 10.9. The quantitative estimate of drug-likeness (QED) is 0.352. The number of fused-ring (bicyclic) bond motifs is 3. The van der Waals surface area contributed by atoms with Crippen LogP contribution in [0.25, 0.3) is 20.2 Å². The van der Waals surface area contributed by atoms with Crippen LogP contribution in [0.2, 0.25) is 0 Å². The number of benzene rings is 4. The summed E-state index contributed by atoms with van der Waals surface area (Å²) in [4.78, 5) is 0. The first-order valence-electron chi connectivity index (χ1n) is 8.72. The molecule has 0 fully saturated rings. The fourth-order valence-corrected chi connectivity index (χ4v) is 7.23. The van der Waals surface area contributed by atoms with Gasteiger partial charge in [-0.05, 0) is 36.0 Å². The van der Waals surface area contributed by atoms with Crippen molar-refractivity contribution >= 4 is 55.3 Å². The molecule has 0 atom stereocenters. The van der Waals surface area contributed by atoms with Gasteiger partial charge in [0, 0.05) is 20.2 Å². The van der Waals surface area contributed by atoms with Crippen molar-refractivity contribution in [3.05, 3.63) is 103 Å². The Morgan fingerprint density at radius 1 is 0.500 bits per heavy atom. The minimum absolute atomic E-state index is 0.587. The van der Waals surface area contributed by atoms with E-state index in [0.717, 1.165) is 0 Å². The zero-order chi connectivity index (χ0) is 17.3. The normalized spacial score (nSPS) is 11.4. The molecule has 5 aromatic rings. The molecule has 0 saturated heterocycles. The molecule has 0 aliphatic heterocycles. The summed E-state index contributed by atoms with van der Waals surface area (Å²) in [7, 11) is -0.587. The lowest BCUT2D eigenvalue weighted by molar-refractivity contribution is 1.75. The summed E-state index contributed by atoms with van der Waals surface area (Å²) in [5, 5.41) is 7.05. The van der Waals surface area contributed by atoms with E-state index in [1.807, 2.05) is 11.3 Å². The molecule has 4 aromatic carbocycles. The Balaban J connectivity index is 1.85. The lowest BCUT2D eigenvalue weighted by Gasteiger charge is -2.20. The van der Waals surface area contributed by atoms with Crippen LogP contribution in [0.1, 0.15) is 0 Å². The summed E-state index contributed by atoms with van der Waals surface area (Å²) in [5.74, 6) is 0. The summed E-state index contributed by atoms with van der Waals surface area (Å²) in [6.07, 6.45) is 0. The van der Waals surface area contributed by atoms with Gasteiger partial charge in [0.2, 0.25) is 0 Å². The molecule has 0 aliphatic carbocycles. The van der Waals surface area contributed by atoms with Gasteiger partial charge in [0.25, 0.3) is 0 Å². The van der Waals surface area contributed by atoms with Crippen LogP contribution < -0.4 is 15.9 Å². The van der Waals surface area contributed by atoms with Gasteiger partial charge in [0.05, 0.1) is 0 Å². The summed E-state index contributed by atoms with van der Waals surface area (Å²) in [6.45, 7) is 0. The van der Waals surface area contributed by atoms with Crippen LogP contribution in [-0.2, 0) is 0 Å².